The molecule has 1 fully saturated rings. The topological polar surface area (TPSA) is 175 Å². The van der Waals surface area contributed by atoms with Crippen molar-refractivity contribution in [3.05, 3.63) is 97.2 Å². The van der Waals surface area contributed by atoms with Crippen LogP contribution in [0.15, 0.2) is 97.2 Å². The van der Waals surface area contributed by atoms with E-state index in [4.69, 9.17) is 14.2 Å². The maximum absolute atomic E-state index is 13.3. The number of allylic oxidation sites excluding steroid dienone is 14. The first kappa shape index (κ1) is 63.6. The lowest BCUT2D eigenvalue weighted by Gasteiger charge is -2.41. The summed E-state index contributed by atoms with van der Waals surface area (Å²) in [7, 11) is 0. The Bertz CT molecular complexity index is 1480. The second-order valence-corrected chi connectivity index (χ2v) is 18.2. The maximum Gasteiger partial charge on any atom is 0.306 e. The summed E-state index contributed by atoms with van der Waals surface area (Å²) in [6, 6.07) is -1.07. The normalized spacial score (nSPS) is 20.6. The lowest BCUT2D eigenvalue weighted by Crippen LogP contribution is -2.61. The van der Waals surface area contributed by atoms with Crippen LogP contribution in [0.2, 0.25) is 0 Å². The fourth-order valence-electron chi connectivity index (χ4n) is 7.67. The first-order chi connectivity index (χ1) is 33.7. The third-order valence-corrected chi connectivity index (χ3v) is 12.0. The lowest BCUT2D eigenvalue weighted by molar-refractivity contribution is -0.305. The second-order valence-electron chi connectivity index (χ2n) is 18.2. The van der Waals surface area contributed by atoms with Gasteiger partial charge in [-0.3, -0.25) is 9.59 Å². The molecule has 0 bridgehead atoms. The summed E-state index contributed by atoms with van der Waals surface area (Å²) >= 11 is 0. The molecule has 6 N–H and O–H groups in total. The van der Waals surface area contributed by atoms with Crippen LogP contribution in [0.5, 0.6) is 0 Å². The summed E-state index contributed by atoms with van der Waals surface area (Å²) in [5.74, 6) is -1.34. The summed E-state index contributed by atoms with van der Waals surface area (Å²) in [6.45, 7) is 5.55. The van der Waals surface area contributed by atoms with E-state index >= 15 is 0 Å². The zero-order chi connectivity index (χ0) is 50.4. The molecule has 8 atom stereocenters. The molecule has 0 saturated carbocycles. The first-order valence-electron chi connectivity index (χ1n) is 27.0. The summed E-state index contributed by atoms with van der Waals surface area (Å²) < 4.78 is 17.4. The number of hydrogen-bond donors (Lipinski definition) is 6. The Kier molecular flexibility index (Phi) is 42.1. The molecule has 8 unspecified atom stereocenters. The van der Waals surface area contributed by atoms with E-state index in [1.165, 1.54) is 77.0 Å². The van der Waals surface area contributed by atoms with Crippen LogP contribution in [0, 0.1) is 0 Å². The Labute approximate surface area is 418 Å². The van der Waals surface area contributed by atoms with Crippen LogP contribution in [0.3, 0.4) is 0 Å². The zero-order valence-corrected chi connectivity index (χ0v) is 43.1. The average molecular weight is 968 g/mol. The van der Waals surface area contributed by atoms with Gasteiger partial charge >= 0.3 is 5.97 Å². The molecule has 0 aromatic heterocycles. The molecule has 1 rings (SSSR count). The van der Waals surface area contributed by atoms with E-state index in [-0.39, 0.29) is 19.4 Å². The highest BCUT2D eigenvalue weighted by Crippen LogP contribution is 2.26. The minimum Gasteiger partial charge on any atom is -0.454 e. The molecule has 0 radical (unpaired) electrons. The molecule has 394 valence electrons. The summed E-state index contributed by atoms with van der Waals surface area (Å²) in [5, 5.41) is 56.5. The maximum atomic E-state index is 13.3. The van der Waals surface area contributed by atoms with Crippen molar-refractivity contribution in [1.82, 2.24) is 5.32 Å². The van der Waals surface area contributed by atoms with Gasteiger partial charge in [-0.05, 0) is 77.0 Å². The van der Waals surface area contributed by atoms with Crippen molar-refractivity contribution in [2.45, 2.75) is 243 Å². The number of amides is 1. The van der Waals surface area contributed by atoms with Crippen LogP contribution in [-0.2, 0) is 23.8 Å². The van der Waals surface area contributed by atoms with Crippen molar-refractivity contribution in [2.24, 2.45) is 0 Å². The Morgan fingerprint density at radius 2 is 1.04 bits per heavy atom. The van der Waals surface area contributed by atoms with Gasteiger partial charge in [0.15, 0.2) is 12.4 Å². The minimum atomic E-state index is -1.65. The van der Waals surface area contributed by atoms with E-state index in [2.05, 4.69) is 86.8 Å². The third-order valence-electron chi connectivity index (χ3n) is 12.0. The van der Waals surface area contributed by atoms with Crippen molar-refractivity contribution < 1.29 is 49.3 Å². The Morgan fingerprint density at radius 1 is 0.580 bits per heavy atom. The predicted molar refractivity (Wildman–Crippen MR) is 282 cm³/mol. The smallest absolute Gasteiger partial charge is 0.306 e. The summed E-state index contributed by atoms with van der Waals surface area (Å²) in [6.07, 6.45) is 49.1. The predicted octanol–water partition coefficient (Wildman–Crippen LogP) is 11.6. The van der Waals surface area contributed by atoms with Crippen molar-refractivity contribution in [3.63, 3.8) is 0 Å². The molecular weight excluding hydrogens is 871 g/mol. The summed E-state index contributed by atoms with van der Waals surface area (Å²) in [5.41, 5.74) is 0. The van der Waals surface area contributed by atoms with Gasteiger partial charge in [0, 0.05) is 12.8 Å². The van der Waals surface area contributed by atoms with Gasteiger partial charge in [-0.2, -0.15) is 0 Å². The number of unbranched alkanes of at least 4 members (excludes halogenated alkanes) is 16. The molecule has 0 spiro atoms. The largest absolute Gasteiger partial charge is 0.454 e. The van der Waals surface area contributed by atoms with Gasteiger partial charge in [0.05, 0.1) is 25.4 Å². The SMILES string of the molecule is CC/C=C\C/C=C\C/C=C\C/C=C\C/C=C\CCCC(=O)OC1C(OCC(NC(=O)C(O)C/C=C/C/C=C\CCCCCCCC)C(O)/C=C/CCCCCCCCCCC)OC(CO)C(O)C1O. The van der Waals surface area contributed by atoms with Gasteiger partial charge < -0.3 is 45.1 Å². The van der Waals surface area contributed by atoms with Crippen molar-refractivity contribution in [2.75, 3.05) is 13.2 Å². The highest BCUT2D eigenvalue weighted by atomic mass is 16.7. The molecule has 1 aliphatic rings. The van der Waals surface area contributed by atoms with E-state index < -0.39 is 67.4 Å². The molecule has 1 aliphatic heterocycles. The molecule has 1 saturated heterocycles. The fraction of sp³-hybridized carbons (Fsp3) is 0.690. The Balaban J connectivity index is 2.83. The number of esters is 1. The Hall–Kier alpha value is -3.42. The average Bonchev–Trinajstić information content (AvgIpc) is 3.34. The number of rotatable bonds is 43. The van der Waals surface area contributed by atoms with E-state index in [1.54, 1.807) is 12.2 Å². The second kappa shape index (κ2) is 45.7. The molecule has 1 amide bonds. The van der Waals surface area contributed by atoms with Gasteiger partial charge in [-0.25, -0.2) is 0 Å². The van der Waals surface area contributed by atoms with Gasteiger partial charge in [0.2, 0.25) is 5.91 Å². The van der Waals surface area contributed by atoms with Crippen molar-refractivity contribution >= 4 is 11.9 Å². The lowest BCUT2D eigenvalue weighted by atomic mass is 9.99. The number of carbonyl (C=O) groups excluding carboxylic acids is 2. The van der Waals surface area contributed by atoms with Crippen molar-refractivity contribution in [1.29, 1.82) is 0 Å². The zero-order valence-electron chi connectivity index (χ0n) is 43.1. The first-order valence-corrected chi connectivity index (χ1v) is 27.0. The molecular formula is C58H97NO10. The quantitative estimate of drug-likeness (QED) is 0.0196. The fourth-order valence-corrected chi connectivity index (χ4v) is 7.67. The molecule has 11 heteroatoms. The van der Waals surface area contributed by atoms with Crippen LogP contribution in [0.4, 0.5) is 0 Å². The number of aliphatic hydroxyl groups excluding tert-OH is 5. The van der Waals surface area contributed by atoms with Crippen LogP contribution >= 0.6 is 0 Å². The van der Waals surface area contributed by atoms with Crippen LogP contribution in [-0.4, -0.2) is 99.6 Å². The van der Waals surface area contributed by atoms with E-state index in [1.807, 2.05) is 24.3 Å². The van der Waals surface area contributed by atoms with Crippen LogP contribution in [0.25, 0.3) is 0 Å². The van der Waals surface area contributed by atoms with Gasteiger partial charge in [0.25, 0.3) is 0 Å². The number of nitrogens with one attached hydrogen (secondary N) is 1. The highest BCUT2D eigenvalue weighted by Gasteiger charge is 2.47. The van der Waals surface area contributed by atoms with Gasteiger partial charge in [-0.1, -0.05) is 201 Å². The van der Waals surface area contributed by atoms with E-state index in [0.29, 0.717) is 19.3 Å². The molecule has 1 heterocycles. The monoisotopic (exact) mass is 968 g/mol. The van der Waals surface area contributed by atoms with Gasteiger partial charge in [-0.15, -0.1) is 0 Å². The molecule has 0 aromatic carbocycles. The van der Waals surface area contributed by atoms with Crippen molar-refractivity contribution in [3.8, 4) is 0 Å². The number of hydrogen-bond acceptors (Lipinski definition) is 10. The molecule has 0 aliphatic carbocycles. The highest BCUT2D eigenvalue weighted by molar-refractivity contribution is 5.81. The molecule has 0 aromatic rings. The molecule has 11 nitrogen and oxygen atoms in total. The standard InChI is InChI=1S/C58H97NO10/c1-4-7-10-13-16-19-22-24-25-26-27-28-31-34-37-40-43-46-53(63)69-56-55(65)54(64)52(47-60)68-58(56)67-48-49(50(61)44-41-38-35-32-29-21-18-15-12-9-6-3)59-57(66)51(62)45-42-39-36-33-30-23-20-17-14-11-8-5-2/h7,10,16,19,24-25,27-28,30,33-34,37,39,41-42,44,49-52,54-56,58,60-62,64-65H,4-6,8-9,11-15,17-18,20-23,26,29,31-32,35-36,38,40,43,45-48H2,1-3H3,(H,59,66)/b10-7-,19-16-,25-24-,28-27-,33-30-,37-34-,42-39+,44-41+. The Morgan fingerprint density at radius 3 is 1.57 bits per heavy atom. The number of aliphatic hydroxyl groups is 5. The number of carbonyl (C=O) groups is 2. The number of ether oxygens (including phenoxy) is 3. The van der Waals surface area contributed by atoms with Crippen LogP contribution in [0.1, 0.15) is 194 Å². The third kappa shape index (κ3) is 34.5. The minimum absolute atomic E-state index is 0.0345. The molecule has 69 heavy (non-hydrogen) atoms. The van der Waals surface area contributed by atoms with E-state index in [0.717, 1.165) is 64.2 Å². The van der Waals surface area contributed by atoms with E-state index in [9.17, 15) is 35.1 Å². The van der Waals surface area contributed by atoms with Gasteiger partial charge in [0.1, 0.15) is 24.4 Å². The summed E-state index contributed by atoms with van der Waals surface area (Å²) in [4.78, 5) is 26.3. The van der Waals surface area contributed by atoms with Crippen LogP contribution < -0.4 is 5.32 Å².